The number of rotatable bonds is 5. The Hall–Kier alpha value is -1.03. The molecule has 0 fully saturated rings. The molecule has 0 atom stereocenters. The standard InChI is InChI=1S/C9H13ClN2O2/c1-7-6-9(14-12-7)11-8(13)4-2-3-5-10/h6H,2-5H2,1H3,(H,11,13). The highest BCUT2D eigenvalue weighted by Crippen LogP contribution is 2.09. The molecule has 0 saturated heterocycles. The number of aryl methyl sites for hydroxylation is 1. The van der Waals surface area contributed by atoms with E-state index < -0.39 is 0 Å². The maximum atomic E-state index is 11.3. The molecule has 1 rings (SSSR count). The second-order valence-corrected chi connectivity index (χ2v) is 3.40. The summed E-state index contributed by atoms with van der Waals surface area (Å²) >= 11 is 5.49. The lowest BCUT2D eigenvalue weighted by Gasteiger charge is -1.98. The van der Waals surface area contributed by atoms with Crippen LogP contribution in [0.15, 0.2) is 10.6 Å². The molecule has 0 bridgehead atoms. The zero-order valence-electron chi connectivity index (χ0n) is 8.05. The molecule has 0 unspecified atom stereocenters. The number of unbranched alkanes of at least 4 members (excludes halogenated alkanes) is 1. The van der Waals surface area contributed by atoms with Gasteiger partial charge >= 0.3 is 0 Å². The van der Waals surface area contributed by atoms with Gasteiger partial charge in [0.05, 0.1) is 5.69 Å². The molecule has 1 aromatic heterocycles. The summed E-state index contributed by atoms with van der Waals surface area (Å²) in [6, 6.07) is 1.68. The molecule has 0 radical (unpaired) electrons. The van der Waals surface area contributed by atoms with Crippen LogP contribution in [0.4, 0.5) is 5.88 Å². The van der Waals surface area contributed by atoms with E-state index in [0.717, 1.165) is 18.5 Å². The summed E-state index contributed by atoms with van der Waals surface area (Å²) in [4.78, 5) is 11.3. The highest BCUT2D eigenvalue weighted by molar-refractivity contribution is 6.17. The van der Waals surface area contributed by atoms with Crippen molar-refractivity contribution in [1.82, 2.24) is 5.16 Å². The lowest BCUT2D eigenvalue weighted by atomic mass is 10.2. The van der Waals surface area contributed by atoms with Crippen LogP contribution in [0, 0.1) is 6.92 Å². The number of aromatic nitrogens is 1. The van der Waals surface area contributed by atoms with Gasteiger partial charge in [0.2, 0.25) is 11.8 Å². The summed E-state index contributed by atoms with van der Waals surface area (Å²) < 4.78 is 4.83. The Morgan fingerprint density at radius 1 is 1.64 bits per heavy atom. The minimum Gasteiger partial charge on any atom is -0.338 e. The quantitative estimate of drug-likeness (QED) is 0.607. The van der Waals surface area contributed by atoms with E-state index in [0.29, 0.717) is 18.2 Å². The number of carbonyl (C=O) groups is 1. The van der Waals surface area contributed by atoms with Gasteiger partial charge in [0.1, 0.15) is 0 Å². The third-order valence-corrected chi connectivity index (χ3v) is 1.95. The number of anilines is 1. The monoisotopic (exact) mass is 216 g/mol. The number of nitrogens with one attached hydrogen (secondary N) is 1. The minimum absolute atomic E-state index is 0.0636. The smallest absolute Gasteiger partial charge is 0.231 e. The first-order valence-corrected chi connectivity index (χ1v) is 5.05. The third kappa shape index (κ3) is 3.79. The van der Waals surface area contributed by atoms with Crippen molar-refractivity contribution in [3.63, 3.8) is 0 Å². The van der Waals surface area contributed by atoms with Gasteiger partial charge in [-0.15, -0.1) is 11.6 Å². The van der Waals surface area contributed by atoms with Crippen molar-refractivity contribution in [2.75, 3.05) is 11.2 Å². The molecule has 1 amide bonds. The van der Waals surface area contributed by atoms with Crippen LogP contribution < -0.4 is 5.32 Å². The fourth-order valence-corrected chi connectivity index (χ4v) is 1.19. The van der Waals surface area contributed by atoms with Crippen molar-refractivity contribution in [2.24, 2.45) is 0 Å². The van der Waals surface area contributed by atoms with Gasteiger partial charge in [0.15, 0.2) is 0 Å². The van der Waals surface area contributed by atoms with E-state index in [1.165, 1.54) is 0 Å². The summed E-state index contributed by atoms with van der Waals surface area (Å²) in [5.74, 6) is 0.930. The lowest BCUT2D eigenvalue weighted by Crippen LogP contribution is -2.10. The Labute approximate surface area is 87.6 Å². The van der Waals surface area contributed by atoms with Crippen LogP contribution in [0.1, 0.15) is 25.0 Å². The Morgan fingerprint density at radius 2 is 2.43 bits per heavy atom. The van der Waals surface area contributed by atoms with Gasteiger partial charge in [-0.25, -0.2) is 0 Å². The summed E-state index contributed by atoms with van der Waals surface area (Å²) in [5, 5.41) is 6.27. The summed E-state index contributed by atoms with van der Waals surface area (Å²) in [7, 11) is 0. The molecule has 0 aliphatic rings. The van der Waals surface area contributed by atoms with Crippen molar-refractivity contribution in [3.8, 4) is 0 Å². The van der Waals surface area contributed by atoms with Crippen molar-refractivity contribution >= 4 is 23.4 Å². The topological polar surface area (TPSA) is 55.1 Å². The molecule has 0 spiro atoms. The van der Waals surface area contributed by atoms with Crippen molar-refractivity contribution in [1.29, 1.82) is 0 Å². The zero-order valence-corrected chi connectivity index (χ0v) is 8.80. The van der Waals surface area contributed by atoms with Gasteiger partial charge in [-0.1, -0.05) is 5.16 Å². The first-order valence-electron chi connectivity index (χ1n) is 4.51. The van der Waals surface area contributed by atoms with Gasteiger partial charge in [-0.05, 0) is 19.8 Å². The molecule has 14 heavy (non-hydrogen) atoms. The number of hydrogen-bond donors (Lipinski definition) is 1. The Balaban J connectivity index is 2.27. The average molecular weight is 217 g/mol. The van der Waals surface area contributed by atoms with Gasteiger partial charge < -0.3 is 4.52 Å². The summed E-state index contributed by atoms with van der Waals surface area (Å²) in [6.07, 6.45) is 2.11. The highest BCUT2D eigenvalue weighted by Gasteiger charge is 2.05. The molecule has 0 saturated carbocycles. The van der Waals surface area contributed by atoms with Gasteiger partial charge in [-0.3, -0.25) is 10.1 Å². The molecule has 0 aliphatic heterocycles. The van der Waals surface area contributed by atoms with Crippen LogP contribution in [0.5, 0.6) is 0 Å². The molecule has 0 aromatic carbocycles. The molecule has 1 N–H and O–H groups in total. The normalized spacial score (nSPS) is 10.1. The number of hydrogen-bond acceptors (Lipinski definition) is 3. The van der Waals surface area contributed by atoms with E-state index in [9.17, 15) is 4.79 Å². The predicted molar refractivity (Wildman–Crippen MR) is 54.4 cm³/mol. The van der Waals surface area contributed by atoms with Crippen LogP contribution >= 0.6 is 11.6 Å². The van der Waals surface area contributed by atoms with Crippen LogP contribution in [0.25, 0.3) is 0 Å². The van der Waals surface area contributed by atoms with E-state index in [1.807, 2.05) is 0 Å². The van der Waals surface area contributed by atoms with E-state index in [-0.39, 0.29) is 5.91 Å². The average Bonchev–Trinajstić information content (AvgIpc) is 2.52. The van der Waals surface area contributed by atoms with Crippen LogP contribution in [0.2, 0.25) is 0 Å². The minimum atomic E-state index is -0.0636. The number of alkyl halides is 1. The molecular formula is C9H13ClN2O2. The molecule has 78 valence electrons. The number of nitrogens with zero attached hydrogens (tertiary/aromatic N) is 1. The second-order valence-electron chi connectivity index (χ2n) is 3.03. The third-order valence-electron chi connectivity index (χ3n) is 1.68. The molecule has 1 aromatic rings. The largest absolute Gasteiger partial charge is 0.338 e. The van der Waals surface area contributed by atoms with Crippen molar-refractivity contribution in [2.45, 2.75) is 26.2 Å². The van der Waals surface area contributed by atoms with Gasteiger partial charge in [0.25, 0.3) is 0 Å². The van der Waals surface area contributed by atoms with Crippen molar-refractivity contribution in [3.05, 3.63) is 11.8 Å². The summed E-state index contributed by atoms with van der Waals surface area (Å²) in [5.41, 5.74) is 0.751. The molecule has 4 nitrogen and oxygen atoms in total. The number of halogens is 1. The Kier molecular flexibility index (Phi) is 4.46. The predicted octanol–water partition coefficient (Wildman–Crippen LogP) is 2.33. The highest BCUT2D eigenvalue weighted by atomic mass is 35.5. The molecule has 0 aliphatic carbocycles. The maximum Gasteiger partial charge on any atom is 0.231 e. The molecular weight excluding hydrogens is 204 g/mol. The lowest BCUT2D eigenvalue weighted by molar-refractivity contribution is -0.116. The van der Waals surface area contributed by atoms with Gasteiger partial charge in [0, 0.05) is 18.4 Å². The number of amides is 1. The first kappa shape index (κ1) is 11.0. The zero-order chi connectivity index (χ0) is 10.4. The van der Waals surface area contributed by atoms with E-state index >= 15 is 0 Å². The molecule has 1 heterocycles. The van der Waals surface area contributed by atoms with Crippen LogP contribution in [-0.2, 0) is 4.79 Å². The van der Waals surface area contributed by atoms with E-state index in [2.05, 4.69) is 10.5 Å². The SMILES string of the molecule is Cc1cc(NC(=O)CCCCCl)on1. The number of carbonyl (C=O) groups excluding carboxylic acids is 1. The van der Waals surface area contributed by atoms with Gasteiger partial charge in [-0.2, -0.15) is 0 Å². The van der Waals surface area contributed by atoms with Crippen LogP contribution in [-0.4, -0.2) is 16.9 Å². The molecule has 5 heteroatoms. The van der Waals surface area contributed by atoms with E-state index in [1.54, 1.807) is 13.0 Å². The second kappa shape index (κ2) is 5.65. The summed E-state index contributed by atoms with van der Waals surface area (Å²) in [6.45, 7) is 1.80. The van der Waals surface area contributed by atoms with Crippen LogP contribution in [0.3, 0.4) is 0 Å². The fourth-order valence-electron chi connectivity index (χ4n) is 1.00. The first-order chi connectivity index (χ1) is 6.72. The fraction of sp³-hybridized carbons (Fsp3) is 0.556. The Morgan fingerprint density at radius 3 is 3.00 bits per heavy atom. The Bertz CT molecular complexity index is 299. The van der Waals surface area contributed by atoms with E-state index in [4.69, 9.17) is 16.1 Å². The van der Waals surface area contributed by atoms with Crippen molar-refractivity contribution < 1.29 is 9.32 Å². The maximum absolute atomic E-state index is 11.3.